The monoisotopic (exact) mass is 443 g/mol. The summed E-state index contributed by atoms with van der Waals surface area (Å²) in [6.07, 6.45) is 1.79. The predicted octanol–water partition coefficient (Wildman–Crippen LogP) is 4.84. The molecule has 0 aromatic heterocycles. The van der Waals surface area contributed by atoms with Gasteiger partial charge in [-0.2, -0.15) is 0 Å². The lowest BCUT2D eigenvalue weighted by Gasteiger charge is -2.29. The van der Waals surface area contributed by atoms with E-state index in [2.05, 4.69) is 0 Å². The molecule has 1 saturated heterocycles. The average molecular weight is 444 g/mol. The molecule has 1 aliphatic rings. The molecule has 2 aromatic rings. The quantitative estimate of drug-likeness (QED) is 0.503. The summed E-state index contributed by atoms with van der Waals surface area (Å²) < 4.78 is 25.4. The zero-order valence-electron chi connectivity index (χ0n) is 18.6. The number of carboxylic acids is 1. The van der Waals surface area contributed by atoms with Crippen LogP contribution in [0.5, 0.6) is 5.75 Å². The number of nitrogens with zero attached hydrogens (tertiary/aromatic N) is 1. The van der Waals surface area contributed by atoms with E-state index in [0.717, 1.165) is 5.56 Å². The molecule has 32 heavy (non-hydrogen) atoms. The van der Waals surface area contributed by atoms with Crippen molar-refractivity contribution in [1.29, 1.82) is 0 Å². The minimum atomic E-state index is -0.873. The van der Waals surface area contributed by atoms with Gasteiger partial charge in [-0.05, 0) is 68.9 Å². The molecule has 0 spiro atoms. The van der Waals surface area contributed by atoms with Gasteiger partial charge in [-0.15, -0.1) is 0 Å². The van der Waals surface area contributed by atoms with Crippen molar-refractivity contribution in [2.75, 3.05) is 13.2 Å². The molecule has 2 aromatic carbocycles. The fourth-order valence-corrected chi connectivity index (χ4v) is 3.98. The smallest absolute Gasteiger partial charge is 0.410 e. The number of amides is 1. The summed E-state index contributed by atoms with van der Waals surface area (Å²) >= 11 is 0. The zero-order valence-corrected chi connectivity index (χ0v) is 18.6. The van der Waals surface area contributed by atoms with Crippen LogP contribution >= 0.6 is 0 Å². The van der Waals surface area contributed by atoms with Crippen molar-refractivity contribution in [3.63, 3.8) is 0 Å². The van der Waals surface area contributed by atoms with Crippen LogP contribution in [0.15, 0.2) is 48.5 Å². The van der Waals surface area contributed by atoms with E-state index >= 15 is 0 Å². The Kier molecular flexibility index (Phi) is 7.72. The fraction of sp³-hybridized carbons (Fsp3) is 0.440. The van der Waals surface area contributed by atoms with Crippen LogP contribution in [0.3, 0.4) is 0 Å². The Morgan fingerprint density at radius 1 is 1.19 bits per heavy atom. The van der Waals surface area contributed by atoms with Crippen molar-refractivity contribution in [3.8, 4) is 5.75 Å². The number of carbonyl (C=O) groups is 2. The summed E-state index contributed by atoms with van der Waals surface area (Å²) in [5.41, 5.74) is 1.03. The van der Waals surface area contributed by atoms with Crippen molar-refractivity contribution in [2.45, 2.75) is 57.6 Å². The molecule has 1 amide bonds. The highest BCUT2D eigenvalue weighted by Gasteiger charge is 2.47. The van der Waals surface area contributed by atoms with E-state index in [1.54, 1.807) is 11.0 Å². The summed E-state index contributed by atoms with van der Waals surface area (Å²) in [6.45, 7) is 4.56. The largest absolute Gasteiger partial charge is 0.494 e. The molecule has 0 unspecified atom stereocenters. The van der Waals surface area contributed by atoms with Gasteiger partial charge in [0.1, 0.15) is 17.2 Å². The van der Waals surface area contributed by atoms with E-state index < -0.39 is 11.6 Å². The fourth-order valence-electron chi connectivity index (χ4n) is 3.98. The Balaban J connectivity index is 1.58. The van der Waals surface area contributed by atoms with Crippen molar-refractivity contribution in [3.05, 3.63) is 65.5 Å². The van der Waals surface area contributed by atoms with Gasteiger partial charge in [0.25, 0.3) is 0 Å². The lowest BCUT2D eigenvalue weighted by atomic mass is 9.92. The molecule has 1 atom stereocenters. The maximum Gasteiger partial charge on any atom is 0.410 e. The van der Waals surface area contributed by atoms with E-state index in [0.29, 0.717) is 43.5 Å². The normalized spacial score (nSPS) is 17.3. The van der Waals surface area contributed by atoms with Crippen LogP contribution in [0.4, 0.5) is 9.18 Å². The number of hydrogen-bond acceptors (Lipinski definition) is 4. The van der Waals surface area contributed by atoms with Crippen LogP contribution in [0, 0.1) is 5.82 Å². The Morgan fingerprint density at radius 3 is 2.66 bits per heavy atom. The predicted molar refractivity (Wildman–Crippen MR) is 118 cm³/mol. The Labute approximate surface area is 187 Å². The van der Waals surface area contributed by atoms with Crippen LogP contribution in [0.2, 0.25) is 0 Å². The van der Waals surface area contributed by atoms with Crippen LogP contribution < -0.4 is 4.74 Å². The van der Waals surface area contributed by atoms with E-state index in [4.69, 9.17) is 14.6 Å². The number of ether oxygens (including phenoxy) is 2. The minimum Gasteiger partial charge on any atom is -0.494 e. The molecule has 172 valence electrons. The number of halogens is 1. The summed E-state index contributed by atoms with van der Waals surface area (Å²) in [4.78, 5) is 24.8. The number of carbonyl (C=O) groups excluding carboxylic acids is 1. The molecule has 0 radical (unpaired) electrons. The van der Waals surface area contributed by atoms with Gasteiger partial charge in [0.2, 0.25) is 0 Å². The lowest BCUT2D eigenvalue weighted by molar-refractivity contribution is -0.137. The van der Waals surface area contributed by atoms with Gasteiger partial charge < -0.3 is 19.5 Å². The van der Waals surface area contributed by atoms with Gasteiger partial charge in [0.05, 0.1) is 12.6 Å². The maximum absolute atomic E-state index is 14.3. The maximum atomic E-state index is 14.3. The minimum absolute atomic E-state index is 0.0283. The highest BCUT2D eigenvalue weighted by atomic mass is 19.1. The van der Waals surface area contributed by atoms with Crippen LogP contribution in [0.25, 0.3) is 0 Å². The Hall–Kier alpha value is -3.09. The first-order valence-corrected chi connectivity index (χ1v) is 10.9. The molecule has 7 heteroatoms. The third-order valence-electron chi connectivity index (χ3n) is 5.70. The average Bonchev–Trinajstić information content (AvgIpc) is 2.96. The Morgan fingerprint density at radius 2 is 1.94 bits per heavy atom. The third kappa shape index (κ3) is 6.22. The summed E-state index contributed by atoms with van der Waals surface area (Å²) in [5, 5.41) is 8.69. The second-order valence-corrected chi connectivity index (χ2v) is 8.57. The summed E-state index contributed by atoms with van der Waals surface area (Å²) in [6, 6.07) is 14.4. The van der Waals surface area contributed by atoms with Crippen molar-refractivity contribution >= 4 is 12.1 Å². The molecule has 0 saturated carbocycles. The van der Waals surface area contributed by atoms with E-state index in [1.807, 2.05) is 44.2 Å². The highest BCUT2D eigenvalue weighted by molar-refractivity contribution is 5.71. The molecule has 0 bridgehead atoms. The second-order valence-electron chi connectivity index (χ2n) is 8.57. The van der Waals surface area contributed by atoms with E-state index in [1.165, 1.54) is 12.1 Å². The van der Waals surface area contributed by atoms with E-state index in [-0.39, 0.29) is 31.0 Å². The first-order chi connectivity index (χ1) is 15.3. The van der Waals surface area contributed by atoms with E-state index in [9.17, 15) is 14.0 Å². The molecule has 6 nitrogen and oxygen atoms in total. The third-order valence-corrected chi connectivity index (χ3v) is 5.70. The van der Waals surface area contributed by atoms with Crippen molar-refractivity contribution in [1.82, 2.24) is 4.90 Å². The topological polar surface area (TPSA) is 76.1 Å². The Bertz CT molecular complexity index is 931. The number of rotatable bonds is 11. The molecular weight excluding hydrogens is 413 g/mol. The lowest BCUT2D eigenvalue weighted by Crippen LogP contribution is -2.43. The van der Waals surface area contributed by atoms with Gasteiger partial charge in [-0.3, -0.25) is 4.79 Å². The molecule has 1 N–H and O–H groups in total. The van der Waals surface area contributed by atoms with Crippen molar-refractivity contribution in [2.24, 2.45) is 0 Å². The van der Waals surface area contributed by atoms with Gasteiger partial charge in [0, 0.05) is 13.0 Å². The number of aryl methyl sites for hydroxylation is 1. The van der Waals surface area contributed by atoms with Gasteiger partial charge in [-0.1, -0.05) is 30.3 Å². The molecule has 1 fully saturated rings. The molecule has 0 aliphatic carbocycles. The highest BCUT2D eigenvalue weighted by Crippen LogP contribution is 2.32. The first-order valence-electron chi connectivity index (χ1n) is 10.9. The second kappa shape index (κ2) is 10.5. The molecule has 1 aliphatic heterocycles. The van der Waals surface area contributed by atoms with Crippen LogP contribution in [-0.4, -0.2) is 46.9 Å². The number of aliphatic carboxylic acids is 1. The molecular formula is C25H30FNO5. The number of cyclic esters (lactones) is 1. The van der Waals surface area contributed by atoms with Crippen LogP contribution in [-0.2, 0) is 22.4 Å². The number of benzene rings is 2. The molecule has 3 rings (SSSR count). The standard InChI is InChI=1S/C25H30FNO5/c1-25(2)22(16-18-8-4-3-5-9-18)27(24(30)32-25)14-6-10-19-17-20(12-13-21(19)26)31-15-7-11-23(28)29/h3-5,8-9,12-13,17,22H,6-7,10-11,14-16H2,1-2H3,(H,28,29)/t22-/m0/s1. The molecule has 1 heterocycles. The van der Waals surface area contributed by atoms with Crippen LogP contribution in [0.1, 0.15) is 44.2 Å². The SMILES string of the molecule is CC1(C)OC(=O)N(CCCc2cc(OCCCC(=O)O)ccc2F)[C@H]1Cc1ccccc1. The van der Waals surface area contributed by atoms with Gasteiger partial charge >= 0.3 is 12.1 Å². The first kappa shape index (κ1) is 23.6. The van der Waals surface area contributed by atoms with Gasteiger partial charge in [0.15, 0.2) is 0 Å². The van der Waals surface area contributed by atoms with Crippen molar-refractivity contribution < 1.29 is 28.6 Å². The van der Waals surface area contributed by atoms with Gasteiger partial charge in [-0.25, -0.2) is 9.18 Å². The summed E-state index contributed by atoms with van der Waals surface area (Å²) in [7, 11) is 0. The summed E-state index contributed by atoms with van der Waals surface area (Å²) in [5.74, 6) is -0.689. The number of hydrogen-bond donors (Lipinski definition) is 1. The number of carboxylic acid groups (broad SMARTS) is 1. The zero-order chi connectivity index (χ0) is 23.1.